The van der Waals surface area contributed by atoms with Crippen molar-refractivity contribution >= 4 is 5.97 Å². The molecule has 2 saturated heterocycles. The number of hydrogen-bond acceptors (Lipinski definition) is 4. The molecule has 0 aliphatic carbocycles. The summed E-state index contributed by atoms with van der Waals surface area (Å²) in [6.07, 6.45) is 5.03. The maximum absolute atomic E-state index is 11.2. The van der Waals surface area contributed by atoms with E-state index in [-0.39, 0.29) is 5.97 Å². The van der Waals surface area contributed by atoms with Gasteiger partial charge in [-0.1, -0.05) is 0 Å². The number of piperidine rings is 1. The summed E-state index contributed by atoms with van der Waals surface area (Å²) in [7, 11) is 0. The fourth-order valence-electron chi connectivity index (χ4n) is 2.85. The smallest absolute Gasteiger partial charge is 0.319 e. The molecule has 0 aromatic heterocycles. The summed E-state index contributed by atoms with van der Waals surface area (Å²) in [6.45, 7) is 5.14. The van der Waals surface area contributed by atoms with Crippen LogP contribution in [0.15, 0.2) is 0 Å². The average Bonchev–Trinajstić information content (AvgIpc) is 2.74. The van der Waals surface area contributed by atoms with Crippen LogP contribution >= 0.6 is 0 Å². The van der Waals surface area contributed by atoms with Crippen LogP contribution in [0.2, 0.25) is 0 Å². The molecule has 4 heteroatoms. The summed E-state index contributed by atoms with van der Waals surface area (Å²) < 4.78 is 4.91. The van der Waals surface area contributed by atoms with Crippen molar-refractivity contribution in [2.45, 2.75) is 44.7 Å². The molecule has 2 heterocycles. The molecule has 0 aromatic rings. The standard InChI is InChI=1S/C12H22N2O2/c1-2-16-12(15)9-13-10-5-7-14-6-3-4-11(14)8-10/h10-11,13H,2-9H2,1H3. The lowest BCUT2D eigenvalue weighted by Gasteiger charge is -2.35. The van der Waals surface area contributed by atoms with Crippen molar-refractivity contribution in [1.82, 2.24) is 10.2 Å². The van der Waals surface area contributed by atoms with Crippen LogP contribution in [0, 0.1) is 0 Å². The molecule has 2 aliphatic rings. The van der Waals surface area contributed by atoms with E-state index >= 15 is 0 Å². The summed E-state index contributed by atoms with van der Waals surface area (Å²) in [5.41, 5.74) is 0. The third-order valence-electron chi connectivity index (χ3n) is 3.66. The number of carbonyl (C=O) groups excluding carboxylic acids is 1. The van der Waals surface area contributed by atoms with E-state index in [0.29, 0.717) is 19.2 Å². The van der Waals surface area contributed by atoms with Gasteiger partial charge in [0.2, 0.25) is 0 Å². The van der Waals surface area contributed by atoms with Crippen molar-refractivity contribution in [2.24, 2.45) is 0 Å². The Morgan fingerprint density at radius 2 is 2.31 bits per heavy atom. The van der Waals surface area contributed by atoms with Crippen LogP contribution in [0.25, 0.3) is 0 Å². The number of carbonyl (C=O) groups is 1. The van der Waals surface area contributed by atoms with Gasteiger partial charge in [-0.25, -0.2) is 0 Å². The SMILES string of the molecule is CCOC(=O)CNC1CCN2CCCC2C1. The van der Waals surface area contributed by atoms with Gasteiger partial charge in [0.15, 0.2) is 0 Å². The number of ether oxygens (including phenoxy) is 1. The minimum atomic E-state index is -0.128. The highest BCUT2D eigenvalue weighted by Crippen LogP contribution is 2.26. The third kappa shape index (κ3) is 2.95. The molecule has 2 atom stereocenters. The van der Waals surface area contributed by atoms with Gasteiger partial charge in [-0.2, -0.15) is 0 Å². The van der Waals surface area contributed by atoms with Crippen molar-refractivity contribution in [3.05, 3.63) is 0 Å². The van der Waals surface area contributed by atoms with Crippen LogP contribution < -0.4 is 5.32 Å². The van der Waals surface area contributed by atoms with Crippen LogP contribution in [0.1, 0.15) is 32.6 Å². The molecule has 0 radical (unpaired) electrons. The molecule has 0 saturated carbocycles. The molecule has 16 heavy (non-hydrogen) atoms. The highest BCUT2D eigenvalue weighted by Gasteiger charge is 2.31. The monoisotopic (exact) mass is 226 g/mol. The lowest BCUT2D eigenvalue weighted by atomic mass is 9.98. The highest BCUT2D eigenvalue weighted by molar-refractivity contribution is 5.71. The molecule has 92 valence electrons. The predicted octanol–water partition coefficient (Wildman–Crippen LogP) is 0.766. The van der Waals surface area contributed by atoms with E-state index in [1.165, 1.54) is 32.4 Å². The summed E-state index contributed by atoms with van der Waals surface area (Å²) in [5.74, 6) is -0.128. The minimum Gasteiger partial charge on any atom is -0.465 e. The molecule has 4 nitrogen and oxygen atoms in total. The second-order valence-corrected chi connectivity index (χ2v) is 4.74. The Morgan fingerprint density at radius 3 is 3.12 bits per heavy atom. The molecule has 2 aliphatic heterocycles. The molecule has 2 unspecified atom stereocenters. The number of rotatable bonds is 4. The van der Waals surface area contributed by atoms with Gasteiger partial charge in [-0.3, -0.25) is 4.79 Å². The van der Waals surface area contributed by atoms with Gasteiger partial charge >= 0.3 is 5.97 Å². The highest BCUT2D eigenvalue weighted by atomic mass is 16.5. The Hall–Kier alpha value is -0.610. The largest absolute Gasteiger partial charge is 0.465 e. The first-order valence-electron chi connectivity index (χ1n) is 6.42. The molecule has 0 bridgehead atoms. The fourth-order valence-corrected chi connectivity index (χ4v) is 2.85. The van der Waals surface area contributed by atoms with Crippen LogP contribution in [-0.4, -0.2) is 49.2 Å². The quantitative estimate of drug-likeness (QED) is 0.719. The van der Waals surface area contributed by atoms with E-state index in [0.717, 1.165) is 12.5 Å². The first-order chi connectivity index (χ1) is 7.79. The molecule has 0 spiro atoms. The number of hydrogen-bond donors (Lipinski definition) is 1. The topological polar surface area (TPSA) is 41.6 Å². The zero-order valence-electron chi connectivity index (χ0n) is 10.1. The molecular weight excluding hydrogens is 204 g/mol. The normalized spacial score (nSPS) is 30.1. The summed E-state index contributed by atoms with van der Waals surface area (Å²) in [4.78, 5) is 13.8. The predicted molar refractivity (Wildman–Crippen MR) is 62.3 cm³/mol. The number of nitrogens with zero attached hydrogens (tertiary/aromatic N) is 1. The minimum absolute atomic E-state index is 0.128. The van der Waals surface area contributed by atoms with Crippen LogP contribution in [-0.2, 0) is 9.53 Å². The number of esters is 1. The van der Waals surface area contributed by atoms with Crippen molar-refractivity contribution < 1.29 is 9.53 Å². The Morgan fingerprint density at radius 1 is 1.44 bits per heavy atom. The van der Waals surface area contributed by atoms with E-state index in [2.05, 4.69) is 10.2 Å². The van der Waals surface area contributed by atoms with Crippen molar-refractivity contribution in [1.29, 1.82) is 0 Å². The van der Waals surface area contributed by atoms with Gasteiger partial charge in [0, 0.05) is 12.1 Å². The first kappa shape index (κ1) is 11.9. The molecule has 2 fully saturated rings. The molecule has 2 rings (SSSR count). The van der Waals surface area contributed by atoms with Crippen LogP contribution in [0.5, 0.6) is 0 Å². The Bertz CT molecular complexity index is 245. The van der Waals surface area contributed by atoms with Gasteiger partial charge in [0.1, 0.15) is 0 Å². The molecular formula is C12H22N2O2. The first-order valence-corrected chi connectivity index (χ1v) is 6.42. The fraction of sp³-hybridized carbons (Fsp3) is 0.917. The van der Waals surface area contributed by atoms with E-state index in [1.54, 1.807) is 0 Å². The van der Waals surface area contributed by atoms with Crippen molar-refractivity contribution in [2.75, 3.05) is 26.2 Å². The maximum Gasteiger partial charge on any atom is 0.319 e. The second kappa shape index (κ2) is 5.64. The Kier molecular flexibility index (Phi) is 4.18. The number of fused-ring (bicyclic) bond motifs is 1. The third-order valence-corrected chi connectivity index (χ3v) is 3.66. The molecule has 0 amide bonds. The van der Waals surface area contributed by atoms with E-state index in [4.69, 9.17) is 4.74 Å². The number of nitrogens with one attached hydrogen (secondary N) is 1. The van der Waals surface area contributed by atoms with E-state index < -0.39 is 0 Å². The van der Waals surface area contributed by atoms with Crippen LogP contribution in [0.3, 0.4) is 0 Å². The second-order valence-electron chi connectivity index (χ2n) is 4.74. The van der Waals surface area contributed by atoms with E-state index in [1.807, 2.05) is 6.92 Å². The Balaban J connectivity index is 1.69. The van der Waals surface area contributed by atoms with Gasteiger partial charge in [0.05, 0.1) is 13.2 Å². The van der Waals surface area contributed by atoms with Gasteiger partial charge < -0.3 is 15.0 Å². The summed E-state index contributed by atoms with van der Waals surface area (Å²) in [5, 5.41) is 3.32. The van der Waals surface area contributed by atoms with Crippen molar-refractivity contribution in [3.8, 4) is 0 Å². The average molecular weight is 226 g/mol. The summed E-state index contributed by atoms with van der Waals surface area (Å²) in [6, 6.07) is 1.26. The van der Waals surface area contributed by atoms with E-state index in [9.17, 15) is 4.79 Å². The van der Waals surface area contributed by atoms with Crippen LogP contribution in [0.4, 0.5) is 0 Å². The van der Waals surface area contributed by atoms with Gasteiger partial charge in [0.25, 0.3) is 0 Å². The Labute approximate surface area is 97.3 Å². The molecule has 0 aromatic carbocycles. The lowest BCUT2D eigenvalue weighted by molar-refractivity contribution is -0.142. The zero-order valence-corrected chi connectivity index (χ0v) is 10.1. The lowest BCUT2D eigenvalue weighted by Crippen LogP contribution is -2.46. The van der Waals surface area contributed by atoms with Crippen molar-refractivity contribution in [3.63, 3.8) is 0 Å². The van der Waals surface area contributed by atoms with Gasteiger partial charge in [-0.05, 0) is 45.7 Å². The maximum atomic E-state index is 11.2. The molecule has 1 N–H and O–H groups in total. The summed E-state index contributed by atoms with van der Waals surface area (Å²) >= 11 is 0. The van der Waals surface area contributed by atoms with Gasteiger partial charge in [-0.15, -0.1) is 0 Å². The zero-order chi connectivity index (χ0) is 11.4.